The van der Waals surface area contributed by atoms with Crippen molar-refractivity contribution in [2.24, 2.45) is 5.73 Å². The first-order chi connectivity index (χ1) is 8.08. The molecule has 0 unspecified atom stereocenters. The predicted octanol–water partition coefficient (Wildman–Crippen LogP) is 1.96. The Balaban J connectivity index is 2.38. The van der Waals surface area contributed by atoms with Gasteiger partial charge in [-0.1, -0.05) is 13.8 Å². The monoisotopic (exact) mass is 231 g/mol. The van der Waals surface area contributed by atoms with Crippen LogP contribution in [0.5, 0.6) is 0 Å². The minimum atomic E-state index is -0.599. The van der Waals surface area contributed by atoms with Gasteiger partial charge < -0.3 is 10.2 Å². The SMILES string of the molecule is CC(C)c1cc(-c2nc(C(N)=O)co2)ccn1. The minimum Gasteiger partial charge on any atom is -0.444 e. The molecule has 0 atom stereocenters. The number of carbonyl (C=O) groups excluding carboxylic acids is 1. The molecule has 0 spiro atoms. The molecular weight excluding hydrogens is 218 g/mol. The number of oxazole rings is 1. The van der Waals surface area contributed by atoms with Gasteiger partial charge in [-0.25, -0.2) is 4.98 Å². The van der Waals surface area contributed by atoms with Gasteiger partial charge in [0.05, 0.1) is 0 Å². The van der Waals surface area contributed by atoms with Crippen LogP contribution >= 0.6 is 0 Å². The molecule has 0 aliphatic carbocycles. The van der Waals surface area contributed by atoms with Crippen molar-refractivity contribution in [2.75, 3.05) is 0 Å². The molecule has 2 heterocycles. The molecule has 2 N–H and O–H groups in total. The number of nitrogens with two attached hydrogens (primary N) is 1. The van der Waals surface area contributed by atoms with Crippen LogP contribution in [0.1, 0.15) is 35.9 Å². The summed E-state index contributed by atoms with van der Waals surface area (Å²) in [6.07, 6.45) is 2.95. The second-order valence-electron chi connectivity index (χ2n) is 4.03. The van der Waals surface area contributed by atoms with Gasteiger partial charge in [0, 0.05) is 17.5 Å². The maximum Gasteiger partial charge on any atom is 0.270 e. The van der Waals surface area contributed by atoms with Gasteiger partial charge in [0.2, 0.25) is 5.89 Å². The van der Waals surface area contributed by atoms with E-state index in [9.17, 15) is 4.79 Å². The molecular formula is C12H13N3O2. The summed E-state index contributed by atoms with van der Waals surface area (Å²) in [6, 6.07) is 3.67. The lowest BCUT2D eigenvalue weighted by Crippen LogP contribution is -2.10. The van der Waals surface area contributed by atoms with Crippen molar-refractivity contribution in [3.05, 3.63) is 36.0 Å². The number of hydrogen-bond acceptors (Lipinski definition) is 4. The Kier molecular flexibility index (Phi) is 2.91. The van der Waals surface area contributed by atoms with Gasteiger partial charge in [-0.3, -0.25) is 9.78 Å². The standard InChI is InChI=1S/C12H13N3O2/c1-7(2)9-5-8(3-4-14-9)12-15-10(6-17-12)11(13)16/h3-7H,1-2H3,(H2,13,16). The van der Waals surface area contributed by atoms with Crippen molar-refractivity contribution in [1.82, 2.24) is 9.97 Å². The van der Waals surface area contributed by atoms with Crippen molar-refractivity contribution < 1.29 is 9.21 Å². The fourth-order valence-electron chi connectivity index (χ4n) is 1.42. The zero-order valence-electron chi connectivity index (χ0n) is 9.68. The second-order valence-corrected chi connectivity index (χ2v) is 4.03. The van der Waals surface area contributed by atoms with E-state index in [2.05, 4.69) is 23.8 Å². The molecule has 0 fully saturated rings. The highest BCUT2D eigenvalue weighted by molar-refractivity contribution is 5.90. The first kappa shape index (κ1) is 11.3. The molecule has 1 amide bonds. The first-order valence-corrected chi connectivity index (χ1v) is 5.29. The lowest BCUT2D eigenvalue weighted by molar-refractivity contribution is 0.0995. The Morgan fingerprint density at radius 1 is 1.47 bits per heavy atom. The summed E-state index contributed by atoms with van der Waals surface area (Å²) in [5.41, 5.74) is 6.97. The lowest BCUT2D eigenvalue weighted by Gasteiger charge is -2.04. The molecule has 17 heavy (non-hydrogen) atoms. The van der Waals surface area contributed by atoms with Crippen molar-refractivity contribution in [3.8, 4) is 11.5 Å². The summed E-state index contributed by atoms with van der Waals surface area (Å²) < 4.78 is 5.21. The first-order valence-electron chi connectivity index (χ1n) is 5.29. The molecule has 2 aromatic heterocycles. The van der Waals surface area contributed by atoms with Crippen LogP contribution in [0.2, 0.25) is 0 Å². The van der Waals surface area contributed by atoms with Crippen LogP contribution in [0.15, 0.2) is 29.0 Å². The molecule has 0 aliphatic rings. The van der Waals surface area contributed by atoms with Crippen LogP contribution in [0.25, 0.3) is 11.5 Å². The molecule has 0 radical (unpaired) electrons. The maximum absolute atomic E-state index is 10.9. The summed E-state index contributed by atoms with van der Waals surface area (Å²) in [5, 5.41) is 0. The van der Waals surface area contributed by atoms with E-state index < -0.39 is 5.91 Å². The van der Waals surface area contributed by atoms with E-state index >= 15 is 0 Å². The summed E-state index contributed by atoms with van der Waals surface area (Å²) in [7, 11) is 0. The van der Waals surface area contributed by atoms with Gasteiger partial charge in [-0.2, -0.15) is 0 Å². The van der Waals surface area contributed by atoms with Crippen LogP contribution in [0.3, 0.4) is 0 Å². The topological polar surface area (TPSA) is 82.0 Å². The molecule has 0 aromatic carbocycles. The van der Waals surface area contributed by atoms with E-state index in [1.807, 2.05) is 6.07 Å². The Morgan fingerprint density at radius 2 is 2.24 bits per heavy atom. The number of aromatic nitrogens is 2. The van der Waals surface area contributed by atoms with Crippen molar-refractivity contribution >= 4 is 5.91 Å². The largest absolute Gasteiger partial charge is 0.444 e. The van der Waals surface area contributed by atoms with E-state index in [1.165, 1.54) is 6.26 Å². The minimum absolute atomic E-state index is 0.128. The Labute approximate surface area is 98.7 Å². The molecule has 5 nitrogen and oxygen atoms in total. The fraction of sp³-hybridized carbons (Fsp3) is 0.250. The third kappa shape index (κ3) is 2.33. The highest BCUT2D eigenvalue weighted by Gasteiger charge is 2.11. The van der Waals surface area contributed by atoms with Crippen LogP contribution in [0.4, 0.5) is 0 Å². The maximum atomic E-state index is 10.9. The van der Waals surface area contributed by atoms with E-state index in [4.69, 9.17) is 10.2 Å². The predicted molar refractivity (Wildman–Crippen MR) is 62.3 cm³/mol. The van der Waals surface area contributed by atoms with E-state index in [1.54, 1.807) is 12.3 Å². The zero-order chi connectivity index (χ0) is 12.4. The van der Waals surface area contributed by atoms with Crippen molar-refractivity contribution in [3.63, 3.8) is 0 Å². The van der Waals surface area contributed by atoms with Gasteiger partial charge in [0.15, 0.2) is 5.69 Å². The Bertz CT molecular complexity index is 546. The van der Waals surface area contributed by atoms with E-state index in [0.29, 0.717) is 11.8 Å². The van der Waals surface area contributed by atoms with Gasteiger partial charge in [0.1, 0.15) is 6.26 Å². The van der Waals surface area contributed by atoms with E-state index in [0.717, 1.165) is 11.3 Å². The van der Waals surface area contributed by atoms with E-state index in [-0.39, 0.29) is 5.69 Å². The number of rotatable bonds is 3. The van der Waals surface area contributed by atoms with Crippen LogP contribution in [-0.2, 0) is 0 Å². The zero-order valence-corrected chi connectivity index (χ0v) is 9.68. The number of primary amides is 1. The smallest absolute Gasteiger partial charge is 0.270 e. The quantitative estimate of drug-likeness (QED) is 0.875. The fourth-order valence-corrected chi connectivity index (χ4v) is 1.42. The number of pyridine rings is 1. The molecule has 2 rings (SSSR count). The number of amides is 1. The van der Waals surface area contributed by atoms with Gasteiger partial charge in [-0.05, 0) is 18.1 Å². The summed E-state index contributed by atoms with van der Waals surface area (Å²) >= 11 is 0. The highest BCUT2D eigenvalue weighted by atomic mass is 16.3. The average Bonchev–Trinajstić information content (AvgIpc) is 2.78. The Morgan fingerprint density at radius 3 is 2.82 bits per heavy atom. The summed E-state index contributed by atoms with van der Waals surface area (Å²) in [5.74, 6) is 0.0989. The molecule has 0 saturated carbocycles. The number of carbonyl (C=O) groups is 1. The van der Waals surface area contributed by atoms with Crippen molar-refractivity contribution in [1.29, 1.82) is 0 Å². The number of nitrogens with zero attached hydrogens (tertiary/aromatic N) is 2. The molecule has 0 aliphatic heterocycles. The van der Waals surface area contributed by atoms with Gasteiger partial charge in [-0.15, -0.1) is 0 Å². The summed E-state index contributed by atoms with van der Waals surface area (Å²) in [6.45, 7) is 4.10. The lowest BCUT2D eigenvalue weighted by atomic mass is 10.1. The molecule has 88 valence electrons. The normalized spacial score (nSPS) is 10.8. The Hall–Kier alpha value is -2.17. The summed E-state index contributed by atoms with van der Waals surface area (Å²) in [4.78, 5) is 19.2. The van der Waals surface area contributed by atoms with Gasteiger partial charge in [0.25, 0.3) is 5.91 Å². The number of hydrogen-bond donors (Lipinski definition) is 1. The van der Waals surface area contributed by atoms with Crippen LogP contribution in [0, 0.1) is 0 Å². The average molecular weight is 231 g/mol. The molecule has 0 saturated heterocycles. The highest BCUT2D eigenvalue weighted by Crippen LogP contribution is 2.21. The third-order valence-electron chi connectivity index (χ3n) is 2.38. The third-order valence-corrected chi connectivity index (χ3v) is 2.38. The molecule has 0 bridgehead atoms. The van der Waals surface area contributed by atoms with Gasteiger partial charge >= 0.3 is 0 Å². The molecule has 2 aromatic rings. The van der Waals surface area contributed by atoms with Crippen LogP contribution < -0.4 is 5.73 Å². The van der Waals surface area contributed by atoms with Crippen LogP contribution in [-0.4, -0.2) is 15.9 Å². The van der Waals surface area contributed by atoms with Crippen molar-refractivity contribution in [2.45, 2.75) is 19.8 Å². The molecule has 5 heteroatoms. The second kappa shape index (κ2) is 4.37.